The van der Waals surface area contributed by atoms with Crippen LogP contribution in [0.2, 0.25) is 0 Å². The van der Waals surface area contributed by atoms with Gasteiger partial charge in [0.15, 0.2) is 0 Å². The van der Waals surface area contributed by atoms with Crippen LogP contribution in [0.1, 0.15) is 52.4 Å². The maximum atomic E-state index is 12.9. The second kappa shape index (κ2) is 7.25. The van der Waals surface area contributed by atoms with Crippen LogP contribution >= 0.6 is 0 Å². The minimum Gasteiger partial charge on any atom is -0.356 e. The minimum atomic E-state index is -0.326. The summed E-state index contributed by atoms with van der Waals surface area (Å²) in [4.78, 5) is 26.7. The lowest BCUT2D eigenvalue weighted by Crippen LogP contribution is -2.56. The number of hydrogen-bond acceptors (Lipinski definition) is 3. The normalized spacial score (nSPS) is 26.9. The van der Waals surface area contributed by atoms with Crippen LogP contribution in [0.5, 0.6) is 0 Å². The molecule has 0 spiro atoms. The maximum absolute atomic E-state index is 12.9. The molecule has 2 fully saturated rings. The Bertz CT molecular complexity index is 370. The third-order valence-electron chi connectivity index (χ3n) is 4.83. The van der Waals surface area contributed by atoms with E-state index in [1.807, 2.05) is 11.8 Å². The quantitative estimate of drug-likeness (QED) is 0.803. The molecule has 5 heteroatoms. The third kappa shape index (κ3) is 3.57. The van der Waals surface area contributed by atoms with Crippen molar-refractivity contribution in [2.24, 2.45) is 5.92 Å². The summed E-state index contributed by atoms with van der Waals surface area (Å²) in [6.07, 6.45) is 5.56. The van der Waals surface area contributed by atoms with Crippen molar-refractivity contribution in [2.75, 3.05) is 26.2 Å². The molecule has 0 aromatic rings. The fourth-order valence-corrected chi connectivity index (χ4v) is 3.70. The molecule has 1 unspecified atom stereocenters. The number of carbonyl (C=O) groups excluding carboxylic acids is 2. The molecule has 2 amide bonds. The summed E-state index contributed by atoms with van der Waals surface area (Å²) >= 11 is 0. The molecule has 0 bridgehead atoms. The summed E-state index contributed by atoms with van der Waals surface area (Å²) in [6, 6.07) is 0. The summed E-state index contributed by atoms with van der Waals surface area (Å²) in [6.45, 7) is 7.14. The molecule has 2 saturated heterocycles. The van der Waals surface area contributed by atoms with Gasteiger partial charge in [0.1, 0.15) is 0 Å². The number of piperidine rings is 1. The summed E-state index contributed by atoms with van der Waals surface area (Å²) in [5.74, 6) is 0.482. The summed E-state index contributed by atoms with van der Waals surface area (Å²) in [7, 11) is 0. The summed E-state index contributed by atoms with van der Waals surface area (Å²) in [5, 5.41) is 6.34. The molecule has 2 N–H and O–H groups in total. The van der Waals surface area contributed by atoms with E-state index in [2.05, 4.69) is 17.6 Å². The highest BCUT2D eigenvalue weighted by Gasteiger charge is 2.43. The van der Waals surface area contributed by atoms with Crippen LogP contribution in [0, 0.1) is 5.92 Å². The van der Waals surface area contributed by atoms with E-state index in [0.29, 0.717) is 19.6 Å². The summed E-state index contributed by atoms with van der Waals surface area (Å²) < 4.78 is 0. The largest absolute Gasteiger partial charge is 0.356 e. The first-order valence-corrected chi connectivity index (χ1v) is 8.45. The monoisotopic (exact) mass is 295 g/mol. The van der Waals surface area contributed by atoms with Crippen LogP contribution < -0.4 is 10.6 Å². The molecular weight excluding hydrogens is 266 g/mol. The first kappa shape index (κ1) is 16.3. The Balaban J connectivity index is 1.92. The van der Waals surface area contributed by atoms with Crippen LogP contribution in [-0.2, 0) is 9.59 Å². The number of rotatable bonds is 5. The molecule has 0 aliphatic carbocycles. The van der Waals surface area contributed by atoms with Gasteiger partial charge in [0.05, 0.1) is 5.54 Å². The highest BCUT2D eigenvalue weighted by atomic mass is 16.2. The van der Waals surface area contributed by atoms with Gasteiger partial charge in [-0.25, -0.2) is 0 Å². The Kier molecular flexibility index (Phi) is 5.62. The number of hydrogen-bond donors (Lipinski definition) is 2. The Hall–Kier alpha value is -1.10. The van der Waals surface area contributed by atoms with E-state index in [1.54, 1.807) is 0 Å². The van der Waals surface area contributed by atoms with Crippen molar-refractivity contribution < 1.29 is 9.59 Å². The van der Waals surface area contributed by atoms with Crippen LogP contribution in [0.15, 0.2) is 0 Å². The Morgan fingerprint density at radius 3 is 2.52 bits per heavy atom. The Labute approximate surface area is 127 Å². The van der Waals surface area contributed by atoms with Crippen molar-refractivity contribution in [1.29, 1.82) is 0 Å². The molecule has 2 heterocycles. The average Bonchev–Trinajstić information content (AvgIpc) is 2.97. The van der Waals surface area contributed by atoms with Gasteiger partial charge in [-0.2, -0.15) is 0 Å². The van der Waals surface area contributed by atoms with Gasteiger partial charge >= 0.3 is 0 Å². The van der Waals surface area contributed by atoms with Gasteiger partial charge in [-0.1, -0.05) is 13.3 Å². The SMILES string of the molecule is CCCC1(C(=O)N2CCC(C(=O)NCC)CC2)CCCN1. The van der Waals surface area contributed by atoms with Gasteiger partial charge in [0, 0.05) is 25.6 Å². The van der Waals surface area contributed by atoms with Gasteiger partial charge in [0.25, 0.3) is 0 Å². The molecule has 0 saturated carbocycles. The second-order valence-electron chi connectivity index (χ2n) is 6.32. The predicted molar refractivity (Wildman–Crippen MR) is 82.9 cm³/mol. The van der Waals surface area contributed by atoms with E-state index < -0.39 is 0 Å². The first-order chi connectivity index (χ1) is 10.1. The highest BCUT2D eigenvalue weighted by Crippen LogP contribution is 2.29. The minimum absolute atomic E-state index is 0.0765. The van der Waals surface area contributed by atoms with E-state index in [1.165, 1.54) is 0 Å². The molecule has 0 aromatic heterocycles. The Morgan fingerprint density at radius 2 is 2.00 bits per heavy atom. The van der Waals surface area contributed by atoms with Crippen molar-refractivity contribution in [3.05, 3.63) is 0 Å². The van der Waals surface area contributed by atoms with E-state index >= 15 is 0 Å². The molecule has 2 aliphatic rings. The number of nitrogens with one attached hydrogen (secondary N) is 2. The first-order valence-electron chi connectivity index (χ1n) is 8.45. The number of amides is 2. The molecule has 2 aliphatic heterocycles. The smallest absolute Gasteiger partial charge is 0.242 e. The predicted octanol–water partition coefficient (Wildman–Crippen LogP) is 1.28. The van der Waals surface area contributed by atoms with E-state index in [0.717, 1.165) is 45.1 Å². The fraction of sp³-hybridized carbons (Fsp3) is 0.875. The van der Waals surface area contributed by atoms with Crippen molar-refractivity contribution >= 4 is 11.8 Å². The van der Waals surface area contributed by atoms with Crippen LogP contribution in [0.3, 0.4) is 0 Å². The molecule has 2 rings (SSSR count). The van der Waals surface area contributed by atoms with Crippen LogP contribution in [0.25, 0.3) is 0 Å². The van der Waals surface area contributed by atoms with Gasteiger partial charge in [-0.15, -0.1) is 0 Å². The fourth-order valence-electron chi connectivity index (χ4n) is 3.70. The van der Waals surface area contributed by atoms with Crippen molar-refractivity contribution in [3.63, 3.8) is 0 Å². The maximum Gasteiger partial charge on any atom is 0.242 e. The number of likely N-dealkylation sites (tertiary alicyclic amines) is 1. The van der Waals surface area contributed by atoms with E-state index in [9.17, 15) is 9.59 Å². The van der Waals surface area contributed by atoms with Gasteiger partial charge in [-0.05, 0) is 45.6 Å². The molecule has 120 valence electrons. The third-order valence-corrected chi connectivity index (χ3v) is 4.83. The van der Waals surface area contributed by atoms with Crippen molar-refractivity contribution in [2.45, 2.75) is 57.9 Å². The number of carbonyl (C=O) groups is 2. The zero-order valence-electron chi connectivity index (χ0n) is 13.4. The lowest BCUT2D eigenvalue weighted by molar-refractivity contribution is -0.141. The highest BCUT2D eigenvalue weighted by molar-refractivity contribution is 5.87. The van der Waals surface area contributed by atoms with Crippen LogP contribution in [-0.4, -0.2) is 48.4 Å². The average molecular weight is 295 g/mol. The number of nitrogens with zero attached hydrogens (tertiary/aromatic N) is 1. The zero-order valence-corrected chi connectivity index (χ0v) is 13.4. The molecule has 0 aromatic carbocycles. The molecule has 1 atom stereocenters. The molecule has 21 heavy (non-hydrogen) atoms. The Morgan fingerprint density at radius 1 is 1.29 bits per heavy atom. The zero-order chi connectivity index (χ0) is 15.3. The van der Waals surface area contributed by atoms with Crippen LogP contribution in [0.4, 0.5) is 0 Å². The summed E-state index contributed by atoms with van der Waals surface area (Å²) in [5.41, 5.74) is -0.326. The lowest BCUT2D eigenvalue weighted by atomic mass is 9.88. The lowest BCUT2D eigenvalue weighted by Gasteiger charge is -2.38. The standard InChI is InChI=1S/C16H29N3O2/c1-3-8-16(9-5-10-18-16)15(21)19-11-6-13(7-12-19)14(20)17-4-2/h13,18H,3-12H2,1-2H3,(H,17,20). The van der Waals surface area contributed by atoms with Gasteiger partial charge in [0.2, 0.25) is 11.8 Å². The van der Waals surface area contributed by atoms with Crippen molar-refractivity contribution in [3.8, 4) is 0 Å². The topological polar surface area (TPSA) is 61.4 Å². The molecule has 5 nitrogen and oxygen atoms in total. The van der Waals surface area contributed by atoms with E-state index in [4.69, 9.17) is 0 Å². The van der Waals surface area contributed by atoms with Gasteiger partial charge in [-0.3, -0.25) is 9.59 Å². The van der Waals surface area contributed by atoms with Gasteiger partial charge < -0.3 is 15.5 Å². The van der Waals surface area contributed by atoms with Crippen molar-refractivity contribution in [1.82, 2.24) is 15.5 Å². The molecular formula is C16H29N3O2. The van der Waals surface area contributed by atoms with E-state index in [-0.39, 0.29) is 23.3 Å². The second-order valence-corrected chi connectivity index (χ2v) is 6.32. The molecule has 0 radical (unpaired) electrons.